The molecule has 28 heavy (non-hydrogen) atoms. The second-order valence-electron chi connectivity index (χ2n) is 6.91. The maximum Gasteiger partial charge on any atom is 0.273 e. The highest BCUT2D eigenvalue weighted by Gasteiger charge is 2.31. The van der Waals surface area contributed by atoms with Gasteiger partial charge in [0.2, 0.25) is 0 Å². The first-order valence-corrected chi connectivity index (χ1v) is 9.37. The van der Waals surface area contributed by atoms with Crippen molar-refractivity contribution in [1.29, 1.82) is 0 Å². The third kappa shape index (κ3) is 3.69. The number of nitrogens with zero attached hydrogens (tertiary/aromatic N) is 5. The normalized spacial score (nSPS) is 16.2. The summed E-state index contributed by atoms with van der Waals surface area (Å²) in [5.41, 5.74) is 2.55. The van der Waals surface area contributed by atoms with E-state index in [-0.39, 0.29) is 11.9 Å². The Hall–Kier alpha value is -3.35. The minimum Gasteiger partial charge on any atom is -0.330 e. The minimum atomic E-state index is -0.0557. The third-order valence-electron chi connectivity index (χ3n) is 4.93. The molecular formula is C21H22N6O. The molecule has 0 bridgehead atoms. The molecule has 1 saturated heterocycles. The van der Waals surface area contributed by atoms with Gasteiger partial charge in [-0.2, -0.15) is 0 Å². The largest absolute Gasteiger partial charge is 0.330 e. The zero-order chi connectivity index (χ0) is 19.5. The average Bonchev–Trinajstić information content (AvgIpc) is 3.19. The monoisotopic (exact) mass is 374 g/mol. The van der Waals surface area contributed by atoms with Gasteiger partial charge in [-0.15, -0.1) is 0 Å². The van der Waals surface area contributed by atoms with Gasteiger partial charge >= 0.3 is 0 Å². The predicted molar refractivity (Wildman–Crippen MR) is 106 cm³/mol. The molecule has 0 unspecified atom stereocenters. The zero-order valence-electron chi connectivity index (χ0n) is 16.0. The maximum absolute atomic E-state index is 13.0. The first-order chi connectivity index (χ1) is 13.6. The van der Waals surface area contributed by atoms with Gasteiger partial charge in [0.15, 0.2) is 0 Å². The predicted octanol–water partition coefficient (Wildman–Crippen LogP) is 3.60. The van der Waals surface area contributed by atoms with Crippen LogP contribution < -0.4 is 5.32 Å². The Labute approximate surface area is 163 Å². The number of amides is 1. The van der Waals surface area contributed by atoms with Gasteiger partial charge < -0.3 is 10.2 Å². The number of aryl methyl sites for hydroxylation is 2. The first kappa shape index (κ1) is 18.0. The van der Waals surface area contributed by atoms with Crippen molar-refractivity contribution >= 4 is 17.5 Å². The summed E-state index contributed by atoms with van der Waals surface area (Å²) in [5, 5.41) is 3.27. The van der Waals surface area contributed by atoms with Crippen LogP contribution in [0.15, 0.2) is 48.9 Å². The van der Waals surface area contributed by atoms with E-state index in [2.05, 4.69) is 25.3 Å². The molecular weight excluding hydrogens is 352 g/mol. The Morgan fingerprint density at radius 1 is 1.11 bits per heavy atom. The second-order valence-corrected chi connectivity index (χ2v) is 6.91. The molecule has 4 heterocycles. The highest BCUT2D eigenvalue weighted by Crippen LogP contribution is 2.34. The standard InChI is InChI=1S/C21H22N6O/c1-14-5-3-9-24-20(14)26-19-13-16(7-10-23-19)18-6-4-12-27(18)21(28)17-8-11-22-15(2)25-17/h3,5,7-11,13,18H,4,6,12H2,1-2H3,(H,23,24,26)/t18-/m0/s1. The number of carbonyl (C=O) groups is 1. The molecule has 7 heteroatoms. The molecule has 3 aromatic rings. The van der Waals surface area contributed by atoms with E-state index in [9.17, 15) is 4.79 Å². The van der Waals surface area contributed by atoms with E-state index in [1.54, 1.807) is 31.6 Å². The van der Waals surface area contributed by atoms with Crippen molar-refractivity contribution in [2.75, 3.05) is 11.9 Å². The number of hydrogen-bond acceptors (Lipinski definition) is 6. The molecule has 142 valence electrons. The highest BCUT2D eigenvalue weighted by atomic mass is 16.2. The molecule has 1 aliphatic rings. The molecule has 3 aromatic heterocycles. The lowest BCUT2D eigenvalue weighted by Crippen LogP contribution is -2.31. The lowest BCUT2D eigenvalue weighted by atomic mass is 10.1. The molecule has 4 rings (SSSR count). The third-order valence-corrected chi connectivity index (χ3v) is 4.93. The fourth-order valence-corrected chi connectivity index (χ4v) is 3.54. The number of anilines is 2. The van der Waals surface area contributed by atoms with Gasteiger partial charge in [0.1, 0.15) is 23.2 Å². The molecule has 1 amide bonds. The summed E-state index contributed by atoms with van der Waals surface area (Å²) in [6, 6.07) is 9.56. The molecule has 0 radical (unpaired) electrons. The van der Waals surface area contributed by atoms with Crippen LogP contribution in [0.5, 0.6) is 0 Å². The summed E-state index contributed by atoms with van der Waals surface area (Å²) >= 11 is 0. The maximum atomic E-state index is 13.0. The van der Waals surface area contributed by atoms with Crippen LogP contribution in [-0.4, -0.2) is 37.3 Å². The Kier molecular flexibility index (Phi) is 4.97. The van der Waals surface area contributed by atoms with Crippen LogP contribution in [0.1, 0.15) is 46.3 Å². The van der Waals surface area contributed by atoms with Crippen LogP contribution in [0.4, 0.5) is 11.6 Å². The fraction of sp³-hybridized carbons (Fsp3) is 0.286. The lowest BCUT2D eigenvalue weighted by molar-refractivity contribution is 0.0729. The Balaban J connectivity index is 1.58. The topological polar surface area (TPSA) is 83.9 Å². The molecule has 0 saturated carbocycles. The quantitative estimate of drug-likeness (QED) is 0.751. The SMILES string of the molecule is Cc1nccc(C(=O)N2CCC[C@H]2c2ccnc(Nc3ncccc3C)c2)n1. The number of likely N-dealkylation sites (tertiary alicyclic amines) is 1. The molecule has 0 spiro atoms. The van der Waals surface area contributed by atoms with Crippen molar-refractivity contribution in [2.45, 2.75) is 32.7 Å². The van der Waals surface area contributed by atoms with Gasteiger partial charge in [-0.05, 0) is 62.1 Å². The number of nitrogens with one attached hydrogen (secondary N) is 1. The molecule has 0 aromatic carbocycles. The van der Waals surface area contributed by atoms with E-state index in [4.69, 9.17) is 0 Å². The number of aromatic nitrogens is 4. The second kappa shape index (κ2) is 7.72. The number of pyridine rings is 2. The summed E-state index contributed by atoms with van der Waals surface area (Å²) in [6.07, 6.45) is 7.03. The van der Waals surface area contributed by atoms with Crippen LogP contribution in [0, 0.1) is 13.8 Å². The van der Waals surface area contributed by atoms with Crippen LogP contribution >= 0.6 is 0 Å². The first-order valence-electron chi connectivity index (χ1n) is 9.37. The molecule has 1 fully saturated rings. The summed E-state index contributed by atoms with van der Waals surface area (Å²) in [5.74, 6) is 2.04. The van der Waals surface area contributed by atoms with Crippen LogP contribution in [0.3, 0.4) is 0 Å². The van der Waals surface area contributed by atoms with E-state index in [0.29, 0.717) is 11.5 Å². The lowest BCUT2D eigenvalue weighted by Gasteiger charge is -2.25. The van der Waals surface area contributed by atoms with E-state index in [1.807, 2.05) is 36.1 Å². The van der Waals surface area contributed by atoms with Crippen molar-refractivity contribution in [1.82, 2.24) is 24.8 Å². The van der Waals surface area contributed by atoms with Gasteiger partial charge in [-0.1, -0.05) is 6.07 Å². The van der Waals surface area contributed by atoms with Crippen molar-refractivity contribution in [2.24, 2.45) is 0 Å². The van der Waals surface area contributed by atoms with Crippen LogP contribution in [-0.2, 0) is 0 Å². The Morgan fingerprint density at radius 2 is 1.96 bits per heavy atom. The average molecular weight is 374 g/mol. The summed E-state index contributed by atoms with van der Waals surface area (Å²) in [4.78, 5) is 32.0. The molecule has 1 aliphatic heterocycles. The van der Waals surface area contributed by atoms with Crippen molar-refractivity contribution < 1.29 is 4.79 Å². The van der Waals surface area contributed by atoms with Gasteiger partial charge in [0.05, 0.1) is 6.04 Å². The van der Waals surface area contributed by atoms with E-state index >= 15 is 0 Å². The Morgan fingerprint density at radius 3 is 2.79 bits per heavy atom. The Bertz CT molecular complexity index is 1010. The number of carbonyl (C=O) groups excluding carboxylic acids is 1. The van der Waals surface area contributed by atoms with Crippen LogP contribution in [0.2, 0.25) is 0 Å². The number of rotatable bonds is 4. The van der Waals surface area contributed by atoms with Crippen LogP contribution in [0.25, 0.3) is 0 Å². The van der Waals surface area contributed by atoms with Crippen molar-refractivity contribution in [3.63, 3.8) is 0 Å². The summed E-state index contributed by atoms with van der Waals surface area (Å²) in [7, 11) is 0. The highest BCUT2D eigenvalue weighted by molar-refractivity contribution is 5.92. The summed E-state index contributed by atoms with van der Waals surface area (Å²) < 4.78 is 0. The van der Waals surface area contributed by atoms with E-state index in [0.717, 1.165) is 42.1 Å². The summed E-state index contributed by atoms with van der Waals surface area (Å²) in [6.45, 7) is 4.51. The minimum absolute atomic E-state index is 0.0103. The fourth-order valence-electron chi connectivity index (χ4n) is 3.54. The molecule has 1 atom stereocenters. The van der Waals surface area contributed by atoms with Gasteiger partial charge in [-0.25, -0.2) is 19.9 Å². The van der Waals surface area contributed by atoms with E-state index < -0.39 is 0 Å². The molecule has 7 nitrogen and oxygen atoms in total. The zero-order valence-corrected chi connectivity index (χ0v) is 16.0. The van der Waals surface area contributed by atoms with Gasteiger partial charge in [-0.3, -0.25) is 4.79 Å². The van der Waals surface area contributed by atoms with Gasteiger partial charge in [0.25, 0.3) is 5.91 Å². The van der Waals surface area contributed by atoms with Crippen molar-refractivity contribution in [3.8, 4) is 0 Å². The smallest absolute Gasteiger partial charge is 0.273 e. The molecule has 0 aliphatic carbocycles. The number of hydrogen-bond donors (Lipinski definition) is 1. The molecule has 1 N–H and O–H groups in total. The van der Waals surface area contributed by atoms with Crippen molar-refractivity contribution in [3.05, 3.63) is 71.6 Å². The van der Waals surface area contributed by atoms with Gasteiger partial charge in [0, 0.05) is 25.1 Å². The van der Waals surface area contributed by atoms with E-state index in [1.165, 1.54) is 0 Å².